The number of hydroxylamine groups is 2. The van der Waals surface area contributed by atoms with Gasteiger partial charge in [0.15, 0.2) is 0 Å². The Hall–Kier alpha value is -2.54. The first-order valence-electron chi connectivity index (χ1n) is 8.68. The summed E-state index contributed by atoms with van der Waals surface area (Å²) in [6.07, 6.45) is 8.86. The van der Waals surface area contributed by atoms with E-state index >= 15 is 0 Å². The fourth-order valence-electron chi connectivity index (χ4n) is 3.71. The quantitative estimate of drug-likeness (QED) is 0.842. The van der Waals surface area contributed by atoms with Crippen LogP contribution >= 0.6 is 0 Å². The summed E-state index contributed by atoms with van der Waals surface area (Å²) in [6, 6.07) is 0. The highest BCUT2D eigenvalue weighted by Crippen LogP contribution is 2.39. The highest BCUT2D eigenvalue weighted by Gasteiger charge is 2.36. The van der Waals surface area contributed by atoms with Crippen molar-refractivity contribution < 1.29 is 4.84 Å². The van der Waals surface area contributed by atoms with Crippen LogP contribution in [-0.4, -0.2) is 57.5 Å². The molecule has 0 spiro atoms. The molecule has 0 N–H and O–H groups in total. The van der Waals surface area contributed by atoms with Crippen LogP contribution in [0.2, 0.25) is 0 Å². The number of hydrogen-bond donors (Lipinski definition) is 0. The molecular weight excluding hydrogens is 316 g/mol. The van der Waals surface area contributed by atoms with Gasteiger partial charge in [-0.3, -0.25) is 4.84 Å². The minimum atomic E-state index is 0.673. The Morgan fingerprint density at radius 3 is 2.80 bits per heavy atom. The lowest BCUT2D eigenvalue weighted by Crippen LogP contribution is -2.42. The summed E-state index contributed by atoms with van der Waals surface area (Å²) < 4.78 is 2.14. The van der Waals surface area contributed by atoms with Crippen molar-refractivity contribution in [1.82, 2.24) is 24.4 Å². The lowest BCUT2D eigenvalue weighted by Gasteiger charge is -2.41. The van der Waals surface area contributed by atoms with Gasteiger partial charge in [-0.15, -0.1) is 0 Å². The predicted molar refractivity (Wildman–Crippen MR) is 96.9 cm³/mol. The normalized spacial score (nSPS) is 19.7. The molecule has 1 aromatic heterocycles. The molecule has 0 aromatic carbocycles. The van der Waals surface area contributed by atoms with Crippen molar-refractivity contribution in [3.8, 4) is 0 Å². The molecule has 132 valence electrons. The average molecular weight is 340 g/mol. The first-order valence-corrected chi connectivity index (χ1v) is 8.68. The van der Waals surface area contributed by atoms with Crippen molar-refractivity contribution in [3.05, 3.63) is 47.2 Å². The zero-order valence-electron chi connectivity index (χ0n) is 15.2. The van der Waals surface area contributed by atoms with Crippen LogP contribution in [0.4, 0.5) is 0 Å². The first-order chi connectivity index (χ1) is 12.1. The van der Waals surface area contributed by atoms with Gasteiger partial charge < -0.3 is 14.4 Å². The van der Waals surface area contributed by atoms with Crippen molar-refractivity contribution in [2.24, 2.45) is 4.99 Å². The molecule has 0 atom stereocenters. The molecule has 0 radical (unpaired) electrons. The van der Waals surface area contributed by atoms with Crippen molar-refractivity contribution in [2.75, 3.05) is 26.9 Å². The maximum atomic E-state index is 5.40. The molecule has 0 saturated carbocycles. The van der Waals surface area contributed by atoms with E-state index in [0.717, 1.165) is 48.2 Å². The average Bonchev–Trinajstić information content (AvgIpc) is 3.20. The van der Waals surface area contributed by atoms with E-state index in [2.05, 4.69) is 33.2 Å². The molecule has 0 unspecified atom stereocenters. The molecule has 4 heterocycles. The van der Waals surface area contributed by atoms with E-state index in [1.807, 2.05) is 36.8 Å². The van der Waals surface area contributed by atoms with Crippen LogP contribution in [0.25, 0.3) is 5.70 Å². The Morgan fingerprint density at radius 1 is 1.28 bits per heavy atom. The predicted octanol–water partition coefficient (Wildman–Crippen LogP) is 2.38. The van der Waals surface area contributed by atoms with Gasteiger partial charge in [0.1, 0.15) is 24.0 Å². The number of nitrogens with zero attached hydrogens (tertiary/aromatic N) is 6. The van der Waals surface area contributed by atoms with E-state index in [4.69, 9.17) is 9.83 Å². The van der Waals surface area contributed by atoms with Crippen LogP contribution in [0.5, 0.6) is 0 Å². The third-order valence-electron chi connectivity index (χ3n) is 4.81. The van der Waals surface area contributed by atoms with Crippen LogP contribution in [0.1, 0.15) is 26.1 Å². The number of fused-ring (bicyclic) bond motifs is 2. The Morgan fingerprint density at radius 2 is 2.12 bits per heavy atom. The Bertz CT molecular complexity index is 815. The third kappa shape index (κ3) is 2.46. The summed E-state index contributed by atoms with van der Waals surface area (Å²) in [6.45, 7) is 8.99. The zero-order valence-corrected chi connectivity index (χ0v) is 15.2. The SMILES string of the molecule is CCCN1CC(C)=C(n2ccnc2C)C2=C1N1CN(OC)C=C1C=N2. The van der Waals surface area contributed by atoms with E-state index in [1.165, 1.54) is 5.57 Å². The molecule has 0 bridgehead atoms. The van der Waals surface area contributed by atoms with Crippen molar-refractivity contribution in [3.63, 3.8) is 0 Å². The number of aliphatic imine (C=N–C) groups is 1. The number of aromatic nitrogens is 2. The smallest absolute Gasteiger partial charge is 0.139 e. The Labute approximate surface area is 148 Å². The van der Waals surface area contributed by atoms with E-state index < -0.39 is 0 Å². The number of imidazole rings is 1. The molecule has 0 saturated heterocycles. The van der Waals surface area contributed by atoms with Gasteiger partial charge in [-0.05, 0) is 25.8 Å². The van der Waals surface area contributed by atoms with E-state index in [9.17, 15) is 0 Å². The minimum Gasteiger partial charge on any atom is -0.352 e. The van der Waals surface area contributed by atoms with Gasteiger partial charge in [0, 0.05) is 25.5 Å². The van der Waals surface area contributed by atoms with Crippen LogP contribution in [0, 0.1) is 6.92 Å². The summed E-state index contributed by atoms with van der Waals surface area (Å²) >= 11 is 0. The lowest BCUT2D eigenvalue weighted by molar-refractivity contribution is -0.0971. The molecule has 0 fully saturated rings. The highest BCUT2D eigenvalue weighted by atomic mass is 16.7. The van der Waals surface area contributed by atoms with Crippen LogP contribution in [0.15, 0.2) is 46.4 Å². The minimum absolute atomic E-state index is 0.673. The van der Waals surface area contributed by atoms with Gasteiger partial charge in [0.25, 0.3) is 0 Å². The largest absolute Gasteiger partial charge is 0.352 e. The number of aryl methyl sites for hydroxylation is 1. The van der Waals surface area contributed by atoms with Crippen molar-refractivity contribution in [2.45, 2.75) is 27.2 Å². The maximum absolute atomic E-state index is 5.40. The number of rotatable bonds is 4. The third-order valence-corrected chi connectivity index (χ3v) is 4.81. The lowest BCUT2D eigenvalue weighted by atomic mass is 10.1. The summed E-state index contributed by atoms with van der Waals surface area (Å²) in [4.78, 5) is 19.3. The fourth-order valence-corrected chi connectivity index (χ4v) is 3.71. The maximum Gasteiger partial charge on any atom is 0.139 e. The van der Waals surface area contributed by atoms with Gasteiger partial charge in [0.05, 0.1) is 30.9 Å². The van der Waals surface area contributed by atoms with E-state index in [0.29, 0.717) is 6.67 Å². The molecule has 4 rings (SSSR count). The molecule has 0 aliphatic carbocycles. The summed E-state index contributed by atoms with van der Waals surface area (Å²) in [7, 11) is 1.69. The highest BCUT2D eigenvalue weighted by molar-refractivity contribution is 5.86. The van der Waals surface area contributed by atoms with Gasteiger partial charge in [-0.2, -0.15) is 0 Å². The monoisotopic (exact) mass is 340 g/mol. The second-order valence-corrected chi connectivity index (χ2v) is 6.55. The number of allylic oxidation sites excluding steroid dienone is 2. The standard InChI is InChI=1S/C18H24N6O/c1-5-7-21-10-13(2)17(23-8-6-19-14(23)3)16-18(21)24-12-22(25-4)11-15(24)9-20-16/h6,8-9,11H,5,7,10,12H2,1-4H3. The van der Waals surface area contributed by atoms with Gasteiger partial charge in [0.2, 0.25) is 0 Å². The summed E-state index contributed by atoms with van der Waals surface area (Å²) in [5.74, 6) is 2.13. The molecule has 7 heteroatoms. The van der Waals surface area contributed by atoms with Gasteiger partial charge >= 0.3 is 0 Å². The molecule has 3 aliphatic rings. The van der Waals surface area contributed by atoms with E-state index in [1.54, 1.807) is 7.11 Å². The second kappa shape index (κ2) is 6.07. The molecule has 25 heavy (non-hydrogen) atoms. The molecular formula is C18H24N6O. The second-order valence-electron chi connectivity index (χ2n) is 6.55. The van der Waals surface area contributed by atoms with Gasteiger partial charge in [-0.1, -0.05) is 6.92 Å². The molecule has 0 amide bonds. The molecule has 3 aliphatic heterocycles. The molecule has 1 aromatic rings. The van der Waals surface area contributed by atoms with Crippen LogP contribution in [-0.2, 0) is 4.84 Å². The Kier molecular flexibility index (Phi) is 3.88. The fraction of sp³-hybridized carbons (Fsp3) is 0.444. The van der Waals surface area contributed by atoms with Crippen molar-refractivity contribution >= 4 is 11.9 Å². The van der Waals surface area contributed by atoms with Gasteiger partial charge in [-0.25, -0.2) is 15.0 Å². The molecule has 7 nitrogen and oxygen atoms in total. The van der Waals surface area contributed by atoms with Crippen LogP contribution in [0.3, 0.4) is 0 Å². The zero-order chi connectivity index (χ0) is 17.6. The van der Waals surface area contributed by atoms with Crippen LogP contribution < -0.4 is 0 Å². The van der Waals surface area contributed by atoms with Crippen molar-refractivity contribution in [1.29, 1.82) is 0 Å². The topological polar surface area (TPSA) is 49.1 Å². The Balaban J connectivity index is 1.85. The first kappa shape index (κ1) is 16.0. The number of hydrogen-bond acceptors (Lipinski definition) is 6. The summed E-state index contributed by atoms with van der Waals surface area (Å²) in [5, 5.41) is 1.83. The van der Waals surface area contributed by atoms with E-state index in [-0.39, 0.29) is 0 Å². The summed E-state index contributed by atoms with van der Waals surface area (Å²) in [5.41, 5.74) is 4.51.